The molecule has 0 radical (unpaired) electrons. The Balaban J connectivity index is 2.45. The molecular formula is C17H28N4O3. The molecule has 1 aliphatic heterocycles. The van der Waals surface area contributed by atoms with E-state index in [2.05, 4.69) is 23.7 Å². The SMILES string of the molecule is CC(C)CN(C)c1ncc(C(C)(C)C(=O)O)c(N2CCOCC2)n1. The molecule has 7 heteroatoms. The van der Waals surface area contributed by atoms with Crippen molar-refractivity contribution in [2.24, 2.45) is 5.92 Å². The van der Waals surface area contributed by atoms with Crippen LogP contribution in [0.1, 0.15) is 33.3 Å². The molecule has 134 valence electrons. The zero-order chi connectivity index (χ0) is 17.9. The number of anilines is 2. The number of morpholine rings is 1. The highest BCUT2D eigenvalue weighted by molar-refractivity contribution is 5.82. The van der Waals surface area contributed by atoms with Crippen molar-refractivity contribution in [3.63, 3.8) is 0 Å². The first-order chi connectivity index (χ1) is 11.2. The third-order valence-electron chi connectivity index (χ3n) is 4.25. The number of carboxylic acid groups (broad SMARTS) is 1. The van der Waals surface area contributed by atoms with E-state index in [0.29, 0.717) is 49.6 Å². The van der Waals surface area contributed by atoms with Crippen molar-refractivity contribution in [3.8, 4) is 0 Å². The highest BCUT2D eigenvalue weighted by Gasteiger charge is 2.35. The van der Waals surface area contributed by atoms with Crippen LogP contribution in [0.3, 0.4) is 0 Å². The summed E-state index contributed by atoms with van der Waals surface area (Å²) in [6.07, 6.45) is 1.66. The van der Waals surface area contributed by atoms with Crippen LogP contribution in [0.4, 0.5) is 11.8 Å². The summed E-state index contributed by atoms with van der Waals surface area (Å²) in [5, 5.41) is 9.61. The molecule has 1 fully saturated rings. The van der Waals surface area contributed by atoms with Gasteiger partial charge >= 0.3 is 5.97 Å². The maximum atomic E-state index is 11.7. The smallest absolute Gasteiger partial charge is 0.313 e. The normalized spacial score (nSPS) is 15.7. The van der Waals surface area contributed by atoms with Gasteiger partial charge in [-0.25, -0.2) is 4.98 Å². The van der Waals surface area contributed by atoms with Crippen molar-refractivity contribution in [2.75, 3.05) is 49.7 Å². The van der Waals surface area contributed by atoms with E-state index in [1.54, 1.807) is 20.0 Å². The molecular weight excluding hydrogens is 308 g/mol. The Morgan fingerprint density at radius 1 is 1.42 bits per heavy atom. The van der Waals surface area contributed by atoms with E-state index in [1.807, 2.05) is 11.9 Å². The Kier molecular flexibility index (Phi) is 5.64. The van der Waals surface area contributed by atoms with E-state index in [1.165, 1.54) is 0 Å². The van der Waals surface area contributed by atoms with E-state index in [-0.39, 0.29) is 0 Å². The number of aromatic nitrogens is 2. The second kappa shape index (κ2) is 7.34. The summed E-state index contributed by atoms with van der Waals surface area (Å²) < 4.78 is 5.41. The lowest BCUT2D eigenvalue weighted by molar-refractivity contribution is -0.142. The quantitative estimate of drug-likeness (QED) is 0.848. The molecule has 0 unspecified atom stereocenters. The predicted molar refractivity (Wildman–Crippen MR) is 93.8 cm³/mol. The van der Waals surface area contributed by atoms with Crippen LogP contribution < -0.4 is 9.80 Å². The van der Waals surface area contributed by atoms with Gasteiger partial charge in [-0.1, -0.05) is 13.8 Å². The van der Waals surface area contributed by atoms with Crippen LogP contribution in [0.25, 0.3) is 0 Å². The number of hydrogen-bond acceptors (Lipinski definition) is 6. The third kappa shape index (κ3) is 3.95. The van der Waals surface area contributed by atoms with Gasteiger partial charge in [0.05, 0.1) is 18.6 Å². The topological polar surface area (TPSA) is 78.8 Å². The number of carboxylic acids is 1. The molecule has 7 nitrogen and oxygen atoms in total. The van der Waals surface area contributed by atoms with Crippen LogP contribution in [0.2, 0.25) is 0 Å². The van der Waals surface area contributed by atoms with Crippen molar-refractivity contribution in [2.45, 2.75) is 33.1 Å². The fourth-order valence-corrected chi connectivity index (χ4v) is 2.75. The third-order valence-corrected chi connectivity index (χ3v) is 4.25. The number of rotatable bonds is 6. The summed E-state index contributed by atoms with van der Waals surface area (Å²) in [7, 11) is 1.96. The van der Waals surface area contributed by atoms with E-state index < -0.39 is 11.4 Å². The fourth-order valence-electron chi connectivity index (χ4n) is 2.75. The molecule has 1 aliphatic rings. The van der Waals surface area contributed by atoms with E-state index in [9.17, 15) is 9.90 Å². The van der Waals surface area contributed by atoms with Gasteiger partial charge in [-0.05, 0) is 19.8 Å². The Morgan fingerprint density at radius 2 is 2.04 bits per heavy atom. The van der Waals surface area contributed by atoms with E-state index >= 15 is 0 Å². The Hall–Kier alpha value is -1.89. The Bertz CT molecular complexity index is 583. The highest BCUT2D eigenvalue weighted by Crippen LogP contribution is 2.32. The van der Waals surface area contributed by atoms with E-state index in [4.69, 9.17) is 9.72 Å². The van der Waals surface area contributed by atoms with Crippen LogP contribution in [-0.2, 0) is 14.9 Å². The van der Waals surface area contributed by atoms with E-state index in [0.717, 1.165) is 6.54 Å². The van der Waals surface area contributed by atoms with Crippen molar-refractivity contribution in [1.82, 2.24) is 9.97 Å². The van der Waals surface area contributed by atoms with Crippen molar-refractivity contribution >= 4 is 17.7 Å². The molecule has 0 aliphatic carbocycles. The zero-order valence-corrected chi connectivity index (χ0v) is 15.2. The molecule has 24 heavy (non-hydrogen) atoms. The first-order valence-electron chi connectivity index (χ1n) is 8.38. The molecule has 1 aromatic rings. The number of ether oxygens (including phenoxy) is 1. The molecule has 0 bridgehead atoms. The average molecular weight is 336 g/mol. The average Bonchev–Trinajstić information content (AvgIpc) is 2.54. The second-order valence-corrected chi connectivity index (χ2v) is 7.21. The summed E-state index contributed by atoms with van der Waals surface area (Å²) in [5.41, 5.74) is -0.415. The first-order valence-corrected chi connectivity index (χ1v) is 8.38. The lowest BCUT2D eigenvalue weighted by Gasteiger charge is -2.33. The van der Waals surface area contributed by atoms with Gasteiger partial charge in [0.25, 0.3) is 0 Å². The van der Waals surface area contributed by atoms with Crippen LogP contribution in [0.15, 0.2) is 6.20 Å². The molecule has 0 aromatic carbocycles. The minimum absolute atomic E-state index is 0.487. The standard InChI is InChI=1S/C17H28N4O3/c1-12(2)11-20(5)16-18-10-13(17(3,4)15(22)23)14(19-16)21-6-8-24-9-7-21/h10,12H,6-9,11H2,1-5H3,(H,22,23). The summed E-state index contributed by atoms with van der Waals surface area (Å²) in [4.78, 5) is 25.0. The minimum atomic E-state index is -1.05. The second-order valence-electron chi connectivity index (χ2n) is 7.21. The molecule has 1 N–H and O–H groups in total. The lowest BCUT2D eigenvalue weighted by atomic mass is 9.85. The van der Waals surface area contributed by atoms with Crippen LogP contribution in [0.5, 0.6) is 0 Å². The summed E-state index contributed by atoms with van der Waals surface area (Å²) in [6, 6.07) is 0. The van der Waals surface area contributed by atoms with Gasteiger partial charge in [0.15, 0.2) is 0 Å². The van der Waals surface area contributed by atoms with Gasteiger partial charge in [-0.2, -0.15) is 4.98 Å². The molecule has 0 spiro atoms. The van der Waals surface area contributed by atoms with Crippen molar-refractivity contribution < 1.29 is 14.6 Å². The lowest BCUT2D eigenvalue weighted by Crippen LogP contribution is -2.40. The molecule has 0 saturated carbocycles. The monoisotopic (exact) mass is 336 g/mol. The highest BCUT2D eigenvalue weighted by atomic mass is 16.5. The van der Waals surface area contributed by atoms with Gasteiger partial charge in [-0.3, -0.25) is 4.79 Å². The van der Waals surface area contributed by atoms with Gasteiger partial charge in [0, 0.05) is 38.4 Å². The maximum Gasteiger partial charge on any atom is 0.313 e. The summed E-state index contributed by atoms with van der Waals surface area (Å²) in [5.74, 6) is 0.922. The van der Waals surface area contributed by atoms with Crippen LogP contribution in [-0.4, -0.2) is 60.9 Å². The summed E-state index contributed by atoms with van der Waals surface area (Å²) >= 11 is 0. The van der Waals surface area contributed by atoms with Crippen molar-refractivity contribution in [1.29, 1.82) is 0 Å². The maximum absolute atomic E-state index is 11.7. The van der Waals surface area contributed by atoms with Gasteiger partial charge in [-0.15, -0.1) is 0 Å². The number of hydrogen-bond donors (Lipinski definition) is 1. The number of aliphatic carboxylic acids is 1. The van der Waals surface area contributed by atoms with Crippen LogP contribution >= 0.6 is 0 Å². The molecule has 1 saturated heterocycles. The van der Waals surface area contributed by atoms with Crippen molar-refractivity contribution in [3.05, 3.63) is 11.8 Å². The Labute approximate surface area is 143 Å². The van der Waals surface area contributed by atoms with Gasteiger partial charge < -0.3 is 19.6 Å². The molecule has 2 heterocycles. The first kappa shape index (κ1) is 18.4. The molecule has 2 rings (SSSR count). The molecule has 0 amide bonds. The van der Waals surface area contributed by atoms with Gasteiger partial charge in [0.1, 0.15) is 5.82 Å². The largest absolute Gasteiger partial charge is 0.481 e. The zero-order valence-electron chi connectivity index (χ0n) is 15.2. The number of nitrogens with zero attached hydrogens (tertiary/aromatic N) is 4. The van der Waals surface area contributed by atoms with Gasteiger partial charge in [0.2, 0.25) is 5.95 Å². The molecule has 0 atom stereocenters. The minimum Gasteiger partial charge on any atom is -0.481 e. The van der Waals surface area contributed by atoms with Crippen LogP contribution in [0, 0.1) is 5.92 Å². The predicted octanol–water partition coefficient (Wildman–Crippen LogP) is 1.77. The molecule has 1 aromatic heterocycles. The summed E-state index contributed by atoms with van der Waals surface area (Å²) in [6.45, 7) is 11.1. The number of carbonyl (C=O) groups is 1. The Morgan fingerprint density at radius 3 is 2.58 bits per heavy atom. The fraction of sp³-hybridized carbons (Fsp3) is 0.706.